The van der Waals surface area contributed by atoms with Crippen molar-refractivity contribution in [2.24, 2.45) is 11.1 Å². The summed E-state index contributed by atoms with van der Waals surface area (Å²) in [7, 11) is 0. The van der Waals surface area contributed by atoms with Gasteiger partial charge in [-0.3, -0.25) is 4.79 Å². The minimum absolute atomic E-state index is 0.129. The van der Waals surface area contributed by atoms with Gasteiger partial charge in [-0.05, 0) is 5.41 Å². The summed E-state index contributed by atoms with van der Waals surface area (Å²) in [5.41, 5.74) is 8.20. The Morgan fingerprint density at radius 2 is 2.33 bits per heavy atom. The molecule has 0 unspecified atom stereocenters. The van der Waals surface area contributed by atoms with E-state index in [0.29, 0.717) is 6.54 Å². The fourth-order valence-electron chi connectivity index (χ4n) is 1.01. The Kier molecular flexibility index (Phi) is 3.82. The van der Waals surface area contributed by atoms with Gasteiger partial charge in [-0.25, -0.2) is 4.98 Å². The van der Waals surface area contributed by atoms with Crippen LogP contribution in [0.3, 0.4) is 0 Å². The average Bonchev–Trinajstić information content (AvgIpc) is 2.63. The average molecular weight is 227 g/mol. The van der Waals surface area contributed by atoms with Crippen LogP contribution >= 0.6 is 11.3 Å². The van der Waals surface area contributed by atoms with Gasteiger partial charge in [-0.15, -0.1) is 11.3 Å². The molecule has 0 aliphatic heterocycles. The van der Waals surface area contributed by atoms with E-state index in [1.807, 2.05) is 26.2 Å². The van der Waals surface area contributed by atoms with E-state index in [9.17, 15) is 4.79 Å². The number of amides is 1. The molecule has 1 heterocycles. The topological polar surface area (TPSA) is 68.0 Å². The van der Waals surface area contributed by atoms with Gasteiger partial charge in [0.15, 0.2) is 0 Å². The zero-order valence-electron chi connectivity index (χ0n) is 9.28. The first-order valence-electron chi connectivity index (χ1n) is 4.81. The number of thiazole rings is 1. The van der Waals surface area contributed by atoms with E-state index in [4.69, 9.17) is 5.73 Å². The number of nitrogens with zero attached hydrogens (tertiary/aromatic N) is 1. The molecule has 84 valence electrons. The van der Waals surface area contributed by atoms with Crippen LogP contribution in [-0.4, -0.2) is 16.9 Å². The second-order valence-electron chi connectivity index (χ2n) is 4.54. The van der Waals surface area contributed by atoms with Gasteiger partial charge < -0.3 is 11.1 Å². The Bertz CT molecular complexity index is 316. The third-order valence-electron chi connectivity index (χ3n) is 2.14. The first-order chi connectivity index (χ1) is 6.91. The Balaban J connectivity index is 2.43. The number of carbonyl (C=O) groups excluding carboxylic acids is 1. The van der Waals surface area contributed by atoms with Crippen molar-refractivity contribution < 1.29 is 4.79 Å². The largest absolute Gasteiger partial charge is 0.349 e. The smallest absolute Gasteiger partial charge is 0.237 e. The number of rotatable bonds is 3. The van der Waals surface area contributed by atoms with Crippen LogP contribution in [0, 0.1) is 5.41 Å². The summed E-state index contributed by atoms with van der Waals surface area (Å²) >= 11 is 1.51. The van der Waals surface area contributed by atoms with E-state index in [2.05, 4.69) is 10.3 Å². The third-order valence-corrected chi connectivity index (χ3v) is 2.78. The highest BCUT2D eigenvalue weighted by Crippen LogP contribution is 2.17. The van der Waals surface area contributed by atoms with Crippen molar-refractivity contribution in [3.63, 3.8) is 0 Å². The minimum Gasteiger partial charge on any atom is -0.349 e. The zero-order chi connectivity index (χ0) is 11.5. The molecule has 0 aliphatic rings. The SMILES string of the molecule is CC(C)(C)[C@H](N)C(=O)NCc1cscn1. The highest BCUT2D eigenvalue weighted by Gasteiger charge is 2.27. The molecule has 15 heavy (non-hydrogen) atoms. The molecule has 0 saturated carbocycles. The molecule has 4 nitrogen and oxygen atoms in total. The van der Waals surface area contributed by atoms with Crippen LogP contribution in [0.15, 0.2) is 10.9 Å². The van der Waals surface area contributed by atoms with E-state index in [0.717, 1.165) is 5.69 Å². The first kappa shape index (κ1) is 12.1. The summed E-state index contributed by atoms with van der Waals surface area (Å²) in [5, 5.41) is 4.68. The van der Waals surface area contributed by atoms with Gasteiger partial charge >= 0.3 is 0 Å². The van der Waals surface area contributed by atoms with Gasteiger partial charge in [0, 0.05) is 5.38 Å². The molecular formula is C10H17N3OS. The number of hydrogen-bond donors (Lipinski definition) is 2. The normalized spacial score (nSPS) is 13.6. The summed E-state index contributed by atoms with van der Waals surface area (Å²) < 4.78 is 0. The van der Waals surface area contributed by atoms with Gasteiger partial charge in [0.2, 0.25) is 5.91 Å². The second-order valence-corrected chi connectivity index (χ2v) is 5.26. The van der Waals surface area contributed by atoms with Crippen LogP contribution in [-0.2, 0) is 11.3 Å². The first-order valence-corrected chi connectivity index (χ1v) is 5.76. The zero-order valence-corrected chi connectivity index (χ0v) is 10.1. The molecule has 0 radical (unpaired) electrons. The van der Waals surface area contributed by atoms with E-state index >= 15 is 0 Å². The maximum Gasteiger partial charge on any atom is 0.237 e. The summed E-state index contributed by atoms with van der Waals surface area (Å²) in [5.74, 6) is -0.129. The molecule has 1 aromatic rings. The lowest BCUT2D eigenvalue weighted by atomic mass is 9.87. The van der Waals surface area contributed by atoms with E-state index in [1.165, 1.54) is 11.3 Å². The molecule has 1 rings (SSSR count). The fraction of sp³-hybridized carbons (Fsp3) is 0.600. The predicted octanol–water partition coefficient (Wildman–Crippen LogP) is 1.13. The molecule has 3 N–H and O–H groups in total. The highest BCUT2D eigenvalue weighted by molar-refractivity contribution is 7.07. The standard InChI is InChI=1S/C10H17N3OS/c1-10(2,3)8(11)9(14)12-4-7-5-15-6-13-7/h5-6,8H,4,11H2,1-3H3,(H,12,14)/t8-/m1/s1. The van der Waals surface area contributed by atoms with Crippen molar-refractivity contribution >= 4 is 17.2 Å². The van der Waals surface area contributed by atoms with Crippen LogP contribution < -0.4 is 11.1 Å². The number of carbonyl (C=O) groups is 1. The van der Waals surface area contributed by atoms with Crippen molar-refractivity contribution in [3.05, 3.63) is 16.6 Å². The van der Waals surface area contributed by atoms with Crippen molar-refractivity contribution in [3.8, 4) is 0 Å². The number of aromatic nitrogens is 1. The highest BCUT2D eigenvalue weighted by atomic mass is 32.1. The van der Waals surface area contributed by atoms with Crippen LogP contribution in [0.25, 0.3) is 0 Å². The van der Waals surface area contributed by atoms with Gasteiger partial charge in [0.25, 0.3) is 0 Å². The van der Waals surface area contributed by atoms with E-state index in [1.54, 1.807) is 5.51 Å². The van der Waals surface area contributed by atoms with Gasteiger partial charge in [0.1, 0.15) is 0 Å². The van der Waals surface area contributed by atoms with Gasteiger partial charge in [0.05, 0.1) is 23.8 Å². The minimum atomic E-state index is -0.490. The third kappa shape index (κ3) is 3.60. The molecule has 0 aromatic carbocycles. The Morgan fingerprint density at radius 1 is 1.67 bits per heavy atom. The van der Waals surface area contributed by atoms with E-state index in [-0.39, 0.29) is 11.3 Å². The second kappa shape index (κ2) is 4.72. The molecule has 0 saturated heterocycles. The summed E-state index contributed by atoms with van der Waals surface area (Å²) in [6.45, 7) is 6.28. The Labute approximate surface area is 93.9 Å². The lowest BCUT2D eigenvalue weighted by Gasteiger charge is -2.25. The summed E-state index contributed by atoms with van der Waals surface area (Å²) in [6.07, 6.45) is 0. The lowest BCUT2D eigenvalue weighted by molar-refractivity contribution is -0.124. The Morgan fingerprint density at radius 3 is 2.80 bits per heavy atom. The monoisotopic (exact) mass is 227 g/mol. The van der Waals surface area contributed by atoms with E-state index < -0.39 is 6.04 Å². The molecular weight excluding hydrogens is 210 g/mol. The van der Waals surface area contributed by atoms with Crippen LogP contribution in [0.5, 0.6) is 0 Å². The maximum absolute atomic E-state index is 11.6. The number of nitrogens with one attached hydrogen (secondary N) is 1. The maximum atomic E-state index is 11.6. The molecule has 0 spiro atoms. The lowest BCUT2D eigenvalue weighted by Crippen LogP contribution is -2.48. The van der Waals surface area contributed by atoms with Crippen molar-refractivity contribution in [2.45, 2.75) is 33.4 Å². The quantitative estimate of drug-likeness (QED) is 0.813. The molecule has 1 aromatic heterocycles. The fourth-order valence-corrected chi connectivity index (χ4v) is 1.56. The number of nitrogens with two attached hydrogens (primary N) is 1. The van der Waals surface area contributed by atoms with Gasteiger partial charge in [-0.2, -0.15) is 0 Å². The van der Waals surface area contributed by atoms with Crippen molar-refractivity contribution in [1.29, 1.82) is 0 Å². The molecule has 0 aliphatic carbocycles. The van der Waals surface area contributed by atoms with Crippen LogP contribution in [0.4, 0.5) is 0 Å². The molecule has 0 bridgehead atoms. The predicted molar refractivity (Wildman–Crippen MR) is 61.4 cm³/mol. The number of hydrogen-bond acceptors (Lipinski definition) is 4. The summed E-state index contributed by atoms with van der Waals surface area (Å²) in [6, 6.07) is -0.490. The molecule has 1 amide bonds. The Hall–Kier alpha value is -0.940. The van der Waals surface area contributed by atoms with Crippen molar-refractivity contribution in [1.82, 2.24) is 10.3 Å². The molecule has 0 fully saturated rings. The van der Waals surface area contributed by atoms with Crippen LogP contribution in [0.2, 0.25) is 0 Å². The molecule has 5 heteroatoms. The molecule has 1 atom stereocenters. The van der Waals surface area contributed by atoms with Crippen molar-refractivity contribution in [2.75, 3.05) is 0 Å². The summed E-state index contributed by atoms with van der Waals surface area (Å²) in [4.78, 5) is 15.7. The van der Waals surface area contributed by atoms with Crippen LogP contribution in [0.1, 0.15) is 26.5 Å². The van der Waals surface area contributed by atoms with Gasteiger partial charge in [-0.1, -0.05) is 20.8 Å².